The van der Waals surface area contributed by atoms with Gasteiger partial charge in [0.1, 0.15) is 0 Å². The summed E-state index contributed by atoms with van der Waals surface area (Å²) in [7, 11) is 1.67. The standard InChI is InChI=1S/C24H27NO2/c1-3-27-24-17-20(14-15-23(24)26-2)18-25-22(21-12-8-5-9-13-21)16-19-10-6-4-7-11-19/h4-15,17,22,25H,3,16,18H2,1-2H3/t22-/m1/s1. The number of ether oxygens (including phenoxy) is 2. The van der Waals surface area contributed by atoms with E-state index in [9.17, 15) is 0 Å². The summed E-state index contributed by atoms with van der Waals surface area (Å²) >= 11 is 0. The molecule has 0 fully saturated rings. The molecule has 0 saturated heterocycles. The van der Waals surface area contributed by atoms with E-state index < -0.39 is 0 Å². The summed E-state index contributed by atoms with van der Waals surface area (Å²) in [5, 5.41) is 3.71. The Morgan fingerprint density at radius 1 is 0.815 bits per heavy atom. The maximum Gasteiger partial charge on any atom is 0.161 e. The zero-order chi connectivity index (χ0) is 18.9. The van der Waals surface area contributed by atoms with Gasteiger partial charge < -0.3 is 14.8 Å². The van der Waals surface area contributed by atoms with Crippen LogP contribution in [0.2, 0.25) is 0 Å². The SMILES string of the molecule is CCOc1cc(CN[C@H](Cc2ccccc2)c2ccccc2)ccc1OC. The molecule has 3 aromatic rings. The minimum absolute atomic E-state index is 0.242. The van der Waals surface area contributed by atoms with Gasteiger partial charge in [-0.2, -0.15) is 0 Å². The fraction of sp³-hybridized carbons (Fsp3) is 0.250. The van der Waals surface area contributed by atoms with Gasteiger partial charge in [0.2, 0.25) is 0 Å². The van der Waals surface area contributed by atoms with E-state index in [1.807, 2.05) is 13.0 Å². The lowest BCUT2D eigenvalue weighted by Crippen LogP contribution is -2.23. The van der Waals surface area contributed by atoms with Crippen molar-refractivity contribution in [3.63, 3.8) is 0 Å². The maximum atomic E-state index is 5.70. The van der Waals surface area contributed by atoms with Gasteiger partial charge in [0.05, 0.1) is 13.7 Å². The second kappa shape index (κ2) is 9.79. The summed E-state index contributed by atoms with van der Waals surface area (Å²) < 4.78 is 11.1. The fourth-order valence-electron chi connectivity index (χ4n) is 3.18. The van der Waals surface area contributed by atoms with E-state index in [1.54, 1.807) is 7.11 Å². The van der Waals surface area contributed by atoms with Crippen molar-refractivity contribution < 1.29 is 9.47 Å². The molecule has 3 aromatic carbocycles. The molecule has 0 unspecified atom stereocenters. The molecule has 0 heterocycles. The molecular formula is C24H27NO2. The Bertz CT molecular complexity index is 818. The molecule has 0 saturated carbocycles. The predicted octanol–water partition coefficient (Wildman–Crippen LogP) is 5.17. The van der Waals surface area contributed by atoms with E-state index in [-0.39, 0.29) is 6.04 Å². The lowest BCUT2D eigenvalue weighted by atomic mass is 9.98. The third-order valence-corrected chi connectivity index (χ3v) is 4.57. The first-order chi connectivity index (χ1) is 13.3. The molecule has 0 aliphatic rings. The third-order valence-electron chi connectivity index (χ3n) is 4.57. The number of nitrogens with one attached hydrogen (secondary N) is 1. The average Bonchev–Trinajstić information content (AvgIpc) is 2.73. The van der Waals surface area contributed by atoms with Gasteiger partial charge in [-0.25, -0.2) is 0 Å². The van der Waals surface area contributed by atoms with Crippen LogP contribution in [0.15, 0.2) is 78.9 Å². The first-order valence-electron chi connectivity index (χ1n) is 9.42. The zero-order valence-electron chi connectivity index (χ0n) is 16.0. The predicted molar refractivity (Wildman–Crippen MR) is 110 cm³/mol. The topological polar surface area (TPSA) is 30.5 Å². The Balaban J connectivity index is 1.75. The summed E-state index contributed by atoms with van der Waals surface area (Å²) in [6.07, 6.45) is 0.944. The molecule has 140 valence electrons. The van der Waals surface area contributed by atoms with Crippen LogP contribution >= 0.6 is 0 Å². The number of hydrogen-bond donors (Lipinski definition) is 1. The average molecular weight is 361 g/mol. The quantitative estimate of drug-likeness (QED) is 0.570. The molecule has 1 N–H and O–H groups in total. The minimum Gasteiger partial charge on any atom is -0.493 e. The second-order valence-electron chi connectivity index (χ2n) is 6.45. The van der Waals surface area contributed by atoms with E-state index in [0.29, 0.717) is 6.61 Å². The van der Waals surface area contributed by atoms with Crippen molar-refractivity contribution in [2.24, 2.45) is 0 Å². The highest BCUT2D eigenvalue weighted by Gasteiger charge is 2.13. The van der Waals surface area contributed by atoms with Crippen LogP contribution in [0.25, 0.3) is 0 Å². The van der Waals surface area contributed by atoms with Crippen LogP contribution in [0.3, 0.4) is 0 Å². The molecule has 0 radical (unpaired) electrons. The molecule has 1 atom stereocenters. The maximum absolute atomic E-state index is 5.70. The van der Waals surface area contributed by atoms with E-state index in [1.165, 1.54) is 16.7 Å². The summed E-state index contributed by atoms with van der Waals surface area (Å²) in [4.78, 5) is 0. The van der Waals surface area contributed by atoms with Crippen LogP contribution in [0.4, 0.5) is 0 Å². The first kappa shape index (κ1) is 19.0. The Kier molecular flexibility index (Phi) is 6.89. The molecule has 27 heavy (non-hydrogen) atoms. The van der Waals surface area contributed by atoms with Crippen LogP contribution in [0.5, 0.6) is 11.5 Å². The van der Waals surface area contributed by atoms with Crippen molar-refractivity contribution >= 4 is 0 Å². The molecule has 0 aliphatic heterocycles. The number of methoxy groups -OCH3 is 1. The van der Waals surface area contributed by atoms with Crippen molar-refractivity contribution in [2.75, 3.05) is 13.7 Å². The van der Waals surface area contributed by atoms with Crippen molar-refractivity contribution in [1.82, 2.24) is 5.32 Å². The molecule has 0 spiro atoms. The first-order valence-corrected chi connectivity index (χ1v) is 9.42. The lowest BCUT2D eigenvalue weighted by Gasteiger charge is -2.20. The molecule has 3 heteroatoms. The van der Waals surface area contributed by atoms with Crippen molar-refractivity contribution in [3.8, 4) is 11.5 Å². The second-order valence-corrected chi connectivity index (χ2v) is 6.45. The smallest absolute Gasteiger partial charge is 0.161 e. The van der Waals surface area contributed by atoms with Gasteiger partial charge in [-0.15, -0.1) is 0 Å². The van der Waals surface area contributed by atoms with E-state index in [2.05, 4.69) is 78.1 Å². The van der Waals surface area contributed by atoms with Crippen LogP contribution in [-0.4, -0.2) is 13.7 Å². The minimum atomic E-state index is 0.242. The molecular weight excluding hydrogens is 334 g/mol. The van der Waals surface area contributed by atoms with E-state index in [0.717, 1.165) is 24.5 Å². The van der Waals surface area contributed by atoms with Crippen LogP contribution in [0.1, 0.15) is 29.7 Å². The van der Waals surface area contributed by atoms with Crippen LogP contribution < -0.4 is 14.8 Å². The summed E-state index contributed by atoms with van der Waals surface area (Å²) in [6.45, 7) is 3.36. The number of hydrogen-bond acceptors (Lipinski definition) is 3. The van der Waals surface area contributed by atoms with Gasteiger partial charge in [0, 0.05) is 12.6 Å². The Hall–Kier alpha value is -2.78. The Labute approximate surface area is 162 Å². The Morgan fingerprint density at radius 2 is 1.52 bits per heavy atom. The van der Waals surface area contributed by atoms with Gasteiger partial charge >= 0.3 is 0 Å². The van der Waals surface area contributed by atoms with Gasteiger partial charge in [-0.3, -0.25) is 0 Å². The molecule has 0 aromatic heterocycles. The van der Waals surface area contributed by atoms with Gasteiger partial charge in [-0.1, -0.05) is 66.7 Å². The molecule has 0 amide bonds. The highest BCUT2D eigenvalue weighted by molar-refractivity contribution is 5.43. The lowest BCUT2D eigenvalue weighted by molar-refractivity contribution is 0.310. The molecule has 3 rings (SSSR count). The summed E-state index contributed by atoms with van der Waals surface area (Å²) in [5.74, 6) is 1.56. The van der Waals surface area contributed by atoms with Gasteiger partial charge in [-0.05, 0) is 42.2 Å². The molecule has 0 aliphatic carbocycles. The fourth-order valence-corrected chi connectivity index (χ4v) is 3.18. The summed E-state index contributed by atoms with van der Waals surface area (Å²) in [6, 6.07) is 27.6. The van der Waals surface area contributed by atoms with Crippen molar-refractivity contribution in [3.05, 3.63) is 95.6 Å². The summed E-state index contributed by atoms with van der Waals surface area (Å²) in [5.41, 5.74) is 3.79. The highest BCUT2D eigenvalue weighted by atomic mass is 16.5. The largest absolute Gasteiger partial charge is 0.493 e. The van der Waals surface area contributed by atoms with E-state index >= 15 is 0 Å². The number of benzene rings is 3. The van der Waals surface area contributed by atoms with Crippen LogP contribution in [0, 0.1) is 0 Å². The van der Waals surface area contributed by atoms with Crippen molar-refractivity contribution in [1.29, 1.82) is 0 Å². The molecule has 3 nitrogen and oxygen atoms in total. The monoisotopic (exact) mass is 361 g/mol. The van der Waals surface area contributed by atoms with E-state index in [4.69, 9.17) is 9.47 Å². The van der Waals surface area contributed by atoms with Crippen LogP contribution in [-0.2, 0) is 13.0 Å². The van der Waals surface area contributed by atoms with Gasteiger partial charge in [0.15, 0.2) is 11.5 Å². The highest BCUT2D eigenvalue weighted by Crippen LogP contribution is 2.28. The van der Waals surface area contributed by atoms with Gasteiger partial charge in [0.25, 0.3) is 0 Å². The van der Waals surface area contributed by atoms with Crippen molar-refractivity contribution in [2.45, 2.75) is 25.9 Å². The Morgan fingerprint density at radius 3 is 2.19 bits per heavy atom. The number of rotatable bonds is 9. The zero-order valence-corrected chi connectivity index (χ0v) is 16.0. The molecule has 0 bridgehead atoms. The normalized spacial score (nSPS) is 11.8. The third kappa shape index (κ3) is 5.35.